The lowest BCUT2D eigenvalue weighted by molar-refractivity contribution is -0.642. The van der Waals surface area contributed by atoms with Crippen molar-refractivity contribution in [3.63, 3.8) is 0 Å². The maximum atomic E-state index is 11.0. The van der Waals surface area contributed by atoms with Crippen LogP contribution in [0.25, 0.3) is 43.2 Å². The Kier molecular flexibility index (Phi) is 4.42. The number of fused-ring (bicyclic) bond motifs is 2. The van der Waals surface area contributed by atoms with Crippen LogP contribution in [0.15, 0.2) is 60.7 Å². The molecule has 0 fully saturated rings. The largest absolute Gasteiger partial charge is 0.507 e. The van der Waals surface area contributed by atoms with Crippen LogP contribution in [0.1, 0.15) is 16.1 Å². The number of benzene rings is 3. The van der Waals surface area contributed by atoms with Gasteiger partial charge in [-0.3, -0.25) is 0 Å². The van der Waals surface area contributed by atoms with E-state index in [9.17, 15) is 5.11 Å². The predicted molar refractivity (Wildman–Crippen MR) is 123 cm³/mol. The van der Waals surface area contributed by atoms with Gasteiger partial charge in [0.05, 0.1) is 15.8 Å². The first-order chi connectivity index (χ1) is 14.1. The van der Waals surface area contributed by atoms with E-state index in [1.807, 2.05) is 43.3 Å². The Hall–Kier alpha value is -3.02. The van der Waals surface area contributed by atoms with Crippen LogP contribution in [0, 0.1) is 6.92 Å². The minimum Gasteiger partial charge on any atom is -0.507 e. The Balaban J connectivity index is 1.58. The second-order valence-electron chi connectivity index (χ2n) is 7.04. The normalized spacial score (nSPS) is 11.8. The standard InChI is InChI=1S/C24H18N2OS2/c1-15-13-16(11-12-22-26(2)19-8-4-6-10-21(19)28-22)23(27)17(14-15)24-25-18-7-3-5-9-20(18)29-24/h3-14H,1-2H3/p+1. The van der Waals surface area contributed by atoms with Crippen molar-refractivity contribution < 1.29 is 9.67 Å². The van der Waals surface area contributed by atoms with Gasteiger partial charge in [0.25, 0.3) is 5.01 Å². The SMILES string of the molecule is Cc1cc(/C=C/c2sc3ccccc3[n+]2C)c(O)c(-c2nc3ccccc3s2)c1. The van der Waals surface area contributed by atoms with Crippen molar-refractivity contribution in [1.82, 2.24) is 4.98 Å². The van der Waals surface area contributed by atoms with Crippen LogP contribution in [0.2, 0.25) is 0 Å². The van der Waals surface area contributed by atoms with E-state index in [1.54, 1.807) is 22.7 Å². The molecule has 0 atom stereocenters. The van der Waals surface area contributed by atoms with Crippen LogP contribution in [0.4, 0.5) is 0 Å². The Labute approximate surface area is 176 Å². The van der Waals surface area contributed by atoms with Crippen molar-refractivity contribution in [2.75, 3.05) is 0 Å². The lowest BCUT2D eigenvalue weighted by atomic mass is 10.0. The van der Waals surface area contributed by atoms with Crippen molar-refractivity contribution in [2.45, 2.75) is 6.92 Å². The lowest BCUT2D eigenvalue weighted by Gasteiger charge is -2.07. The molecule has 0 saturated heterocycles. The molecule has 0 unspecified atom stereocenters. The smallest absolute Gasteiger partial charge is 0.262 e. The number of aromatic nitrogens is 2. The summed E-state index contributed by atoms with van der Waals surface area (Å²) in [5.41, 5.74) is 4.85. The van der Waals surface area contributed by atoms with Crippen LogP contribution < -0.4 is 4.57 Å². The van der Waals surface area contributed by atoms with Gasteiger partial charge < -0.3 is 5.11 Å². The zero-order valence-corrected chi connectivity index (χ0v) is 17.7. The first-order valence-corrected chi connectivity index (χ1v) is 11.0. The van der Waals surface area contributed by atoms with E-state index in [4.69, 9.17) is 4.98 Å². The van der Waals surface area contributed by atoms with Gasteiger partial charge in [-0.2, -0.15) is 4.57 Å². The number of aryl methyl sites for hydroxylation is 2. The Morgan fingerprint density at radius 3 is 2.48 bits per heavy atom. The highest BCUT2D eigenvalue weighted by atomic mass is 32.1. The van der Waals surface area contributed by atoms with Gasteiger partial charge >= 0.3 is 0 Å². The van der Waals surface area contributed by atoms with Crippen molar-refractivity contribution in [1.29, 1.82) is 0 Å². The van der Waals surface area contributed by atoms with Gasteiger partial charge in [0.1, 0.15) is 22.5 Å². The summed E-state index contributed by atoms with van der Waals surface area (Å²) in [6.07, 6.45) is 4.06. The summed E-state index contributed by atoms with van der Waals surface area (Å²) < 4.78 is 4.55. The van der Waals surface area contributed by atoms with Crippen LogP contribution >= 0.6 is 22.7 Å². The molecule has 3 aromatic carbocycles. The monoisotopic (exact) mass is 415 g/mol. The molecule has 5 heteroatoms. The molecule has 5 rings (SSSR count). The topological polar surface area (TPSA) is 37.0 Å². The molecule has 0 aliphatic heterocycles. The van der Waals surface area contributed by atoms with E-state index < -0.39 is 0 Å². The zero-order chi connectivity index (χ0) is 20.0. The number of thiazole rings is 2. The molecule has 0 radical (unpaired) electrons. The van der Waals surface area contributed by atoms with Crippen LogP contribution in [0.5, 0.6) is 5.75 Å². The van der Waals surface area contributed by atoms with Crippen LogP contribution in [-0.4, -0.2) is 10.1 Å². The van der Waals surface area contributed by atoms with Gasteiger partial charge in [0.2, 0.25) is 5.52 Å². The highest BCUT2D eigenvalue weighted by Gasteiger charge is 2.16. The third kappa shape index (κ3) is 3.22. The molecule has 0 amide bonds. The number of hydrogen-bond acceptors (Lipinski definition) is 4. The third-order valence-corrected chi connectivity index (χ3v) is 7.24. The first kappa shape index (κ1) is 18.0. The van der Waals surface area contributed by atoms with E-state index in [-0.39, 0.29) is 5.75 Å². The van der Waals surface area contributed by atoms with Crippen molar-refractivity contribution >= 4 is 55.3 Å². The van der Waals surface area contributed by atoms with Crippen LogP contribution in [-0.2, 0) is 7.05 Å². The second kappa shape index (κ2) is 7.10. The van der Waals surface area contributed by atoms with E-state index in [1.165, 1.54) is 10.2 Å². The maximum Gasteiger partial charge on any atom is 0.262 e. The fraction of sp³-hybridized carbons (Fsp3) is 0.0833. The highest BCUT2D eigenvalue weighted by Crippen LogP contribution is 2.38. The molecule has 3 nitrogen and oxygen atoms in total. The summed E-state index contributed by atoms with van der Waals surface area (Å²) in [6, 6.07) is 20.4. The van der Waals surface area contributed by atoms with Gasteiger partial charge in [0.15, 0.2) is 0 Å². The van der Waals surface area contributed by atoms with Gasteiger partial charge in [-0.25, -0.2) is 4.98 Å². The third-order valence-electron chi connectivity index (χ3n) is 4.99. The molecule has 0 aliphatic carbocycles. The van der Waals surface area contributed by atoms with Crippen molar-refractivity contribution in [3.05, 3.63) is 76.8 Å². The Morgan fingerprint density at radius 2 is 1.69 bits per heavy atom. The summed E-state index contributed by atoms with van der Waals surface area (Å²) >= 11 is 3.35. The van der Waals surface area contributed by atoms with E-state index in [0.717, 1.165) is 36.9 Å². The molecule has 1 N–H and O–H groups in total. The fourth-order valence-electron chi connectivity index (χ4n) is 3.51. The first-order valence-electron chi connectivity index (χ1n) is 9.35. The zero-order valence-electron chi connectivity index (χ0n) is 16.1. The fourth-order valence-corrected chi connectivity index (χ4v) is 5.55. The summed E-state index contributed by atoms with van der Waals surface area (Å²) in [5.74, 6) is 0.273. The van der Waals surface area contributed by atoms with Crippen molar-refractivity contribution in [2.24, 2.45) is 7.05 Å². The summed E-state index contributed by atoms with van der Waals surface area (Å²) in [7, 11) is 2.07. The molecular formula is C24H19N2OS2+. The number of phenols is 1. The quantitative estimate of drug-likeness (QED) is 0.357. The minimum atomic E-state index is 0.273. The van der Waals surface area contributed by atoms with Gasteiger partial charge in [-0.1, -0.05) is 35.6 Å². The second-order valence-corrected chi connectivity index (χ2v) is 9.13. The molecular weight excluding hydrogens is 396 g/mol. The average molecular weight is 416 g/mol. The van der Waals surface area contributed by atoms with E-state index in [0.29, 0.717) is 0 Å². The number of phenolic OH excluding ortho intramolecular Hbond substituents is 1. The molecule has 29 heavy (non-hydrogen) atoms. The summed E-state index contributed by atoms with van der Waals surface area (Å²) in [5, 5.41) is 13.0. The predicted octanol–water partition coefficient (Wildman–Crippen LogP) is 6.19. The molecule has 0 bridgehead atoms. The van der Waals surface area contributed by atoms with Gasteiger partial charge in [-0.05, 0) is 48.9 Å². The lowest BCUT2D eigenvalue weighted by Crippen LogP contribution is -2.28. The Morgan fingerprint density at radius 1 is 0.931 bits per heavy atom. The molecule has 5 aromatic rings. The molecule has 0 aliphatic rings. The van der Waals surface area contributed by atoms with Crippen molar-refractivity contribution in [3.8, 4) is 16.3 Å². The molecule has 2 heterocycles. The molecule has 0 saturated carbocycles. The molecule has 2 aromatic heterocycles. The maximum absolute atomic E-state index is 11.0. The number of para-hydroxylation sites is 2. The number of aromatic hydroxyl groups is 1. The summed E-state index contributed by atoms with van der Waals surface area (Å²) in [4.78, 5) is 4.72. The number of nitrogens with zero attached hydrogens (tertiary/aromatic N) is 2. The number of rotatable bonds is 3. The van der Waals surface area contributed by atoms with Gasteiger partial charge in [0, 0.05) is 17.7 Å². The van der Waals surface area contributed by atoms with Crippen LogP contribution in [0.3, 0.4) is 0 Å². The van der Waals surface area contributed by atoms with E-state index in [2.05, 4.69) is 48.0 Å². The van der Waals surface area contributed by atoms with Gasteiger partial charge in [-0.15, -0.1) is 11.3 Å². The summed E-state index contributed by atoms with van der Waals surface area (Å²) in [6.45, 7) is 2.05. The van der Waals surface area contributed by atoms with E-state index >= 15 is 0 Å². The molecule has 142 valence electrons. The highest BCUT2D eigenvalue weighted by molar-refractivity contribution is 7.21. The average Bonchev–Trinajstić information content (AvgIpc) is 3.30. The Bertz CT molecular complexity index is 1360. The number of hydrogen-bond donors (Lipinski definition) is 1. The minimum absolute atomic E-state index is 0.273. The molecule has 0 spiro atoms.